The van der Waals surface area contributed by atoms with E-state index in [1.807, 2.05) is 0 Å². The number of aromatic nitrogens is 2. The van der Waals surface area contributed by atoms with Gasteiger partial charge >= 0.3 is 12.1 Å². The van der Waals surface area contributed by atoms with Crippen LogP contribution in [0.4, 0.5) is 19.1 Å². The van der Waals surface area contributed by atoms with E-state index in [2.05, 4.69) is 20.8 Å². The third kappa shape index (κ3) is 7.28. The van der Waals surface area contributed by atoms with E-state index in [1.54, 1.807) is 0 Å². The second kappa shape index (κ2) is 11.8. The number of aromatic carboxylic acids is 1. The first kappa shape index (κ1) is 27.6. The Morgan fingerprint density at radius 1 is 1.14 bits per heavy atom. The number of carbonyl (C=O) groups excluding carboxylic acids is 1. The first-order valence-corrected chi connectivity index (χ1v) is 11.8. The molecule has 0 spiro atoms. The van der Waals surface area contributed by atoms with Crippen LogP contribution in [-0.4, -0.2) is 44.2 Å². The van der Waals surface area contributed by atoms with Gasteiger partial charge in [-0.3, -0.25) is 15.6 Å². The van der Waals surface area contributed by atoms with Gasteiger partial charge in [0.2, 0.25) is 5.95 Å². The van der Waals surface area contributed by atoms with Crippen LogP contribution in [-0.2, 0) is 17.4 Å². The third-order valence-electron chi connectivity index (χ3n) is 6.05. The number of rotatable bonds is 9. The van der Waals surface area contributed by atoms with Gasteiger partial charge in [0.05, 0.1) is 5.69 Å². The van der Waals surface area contributed by atoms with Crippen molar-refractivity contribution >= 4 is 29.4 Å². The quantitative estimate of drug-likeness (QED) is 0.309. The fourth-order valence-electron chi connectivity index (χ4n) is 4.24. The topological polar surface area (TPSA) is 150 Å². The zero-order chi connectivity index (χ0) is 26.5. The molecule has 0 aliphatic heterocycles. The summed E-state index contributed by atoms with van der Waals surface area (Å²) in [6.45, 7) is 0. The van der Waals surface area contributed by atoms with Crippen LogP contribution in [0.3, 0.4) is 0 Å². The summed E-state index contributed by atoms with van der Waals surface area (Å²) < 4.78 is 41.0. The predicted octanol–water partition coefficient (Wildman–Crippen LogP) is 3.54. The van der Waals surface area contributed by atoms with E-state index in [9.17, 15) is 33.0 Å². The van der Waals surface area contributed by atoms with Gasteiger partial charge in [-0.1, -0.05) is 55.8 Å². The van der Waals surface area contributed by atoms with Gasteiger partial charge in [0.1, 0.15) is 11.7 Å². The van der Waals surface area contributed by atoms with Gasteiger partial charge in [0.25, 0.3) is 5.91 Å². The maximum absolute atomic E-state index is 13.7. The van der Waals surface area contributed by atoms with Crippen LogP contribution >= 0.6 is 11.6 Å². The van der Waals surface area contributed by atoms with Gasteiger partial charge in [-0.2, -0.15) is 13.2 Å². The predicted molar refractivity (Wildman–Crippen MR) is 125 cm³/mol. The van der Waals surface area contributed by atoms with Crippen molar-refractivity contribution in [2.75, 3.05) is 5.43 Å². The molecule has 2 atom stereocenters. The molecule has 1 amide bonds. The number of alkyl halides is 3. The molecule has 1 aromatic heterocycles. The number of carbonyl (C=O) groups is 2. The van der Waals surface area contributed by atoms with Gasteiger partial charge in [-0.25, -0.2) is 14.8 Å². The highest BCUT2D eigenvalue weighted by Crippen LogP contribution is 2.33. The fourth-order valence-corrected chi connectivity index (χ4v) is 4.36. The molecule has 2 aromatic rings. The average Bonchev–Trinajstić information content (AvgIpc) is 2.83. The van der Waals surface area contributed by atoms with Gasteiger partial charge in [-0.15, -0.1) is 0 Å². The molecule has 1 heterocycles. The maximum Gasteiger partial charge on any atom is 0.434 e. The molecule has 1 aliphatic rings. The van der Waals surface area contributed by atoms with Crippen molar-refractivity contribution < 1.29 is 33.0 Å². The SMILES string of the molecule is N[C@H](CC1CCCCC1)C(O)C(=O)NNc1nc(Cc2ccc(Cl)cc2)c(C(=O)O)c(C(F)(F)F)n1. The summed E-state index contributed by atoms with van der Waals surface area (Å²) in [5.41, 5.74) is 7.42. The number of anilines is 1. The molecule has 9 nitrogen and oxygen atoms in total. The molecule has 1 unspecified atom stereocenters. The van der Waals surface area contributed by atoms with Crippen LogP contribution in [0.15, 0.2) is 24.3 Å². The summed E-state index contributed by atoms with van der Waals surface area (Å²) in [7, 11) is 0. The minimum absolute atomic E-state index is 0.276. The van der Waals surface area contributed by atoms with E-state index in [-0.39, 0.29) is 6.42 Å². The van der Waals surface area contributed by atoms with Crippen molar-refractivity contribution in [1.29, 1.82) is 0 Å². The van der Waals surface area contributed by atoms with Crippen molar-refractivity contribution in [3.8, 4) is 0 Å². The Morgan fingerprint density at radius 3 is 2.36 bits per heavy atom. The minimum Gasteiger partial charge on any atom is -0.478 e. The lowest BCUT2D eigenvalue weighted by molar-refractivity contribution is -0.141. The lowest BCUT2D eigenvalue weighted by atomic mass is 9.84. The van der Waals surface area contributed by atoms with Crippen LogP contribution < -0.4 is 16.6 Å². The highest BCUT2D eigenvalue weighted by Gasteiger charge is 2.40. The maximum atomic E-state index is 13.7. The summed E-state index contributed by atoms with van der Waals surface area (Å²) in [5.74, 6) is -3.23. The molecule has 13 heteroatoms. The largest absolute Gasteiger partial charge is 0.478 e. The molecule has 1 aliphatic carbocycles. The Kier molecular flexibility index (Phi) is 9.09. The minimum atomic E-state index is -5.12. The standard InChI is InChI=1S/C23H27ClF3N5O4/c24-14-8-6-13(7-9-14)11-16-17(21(35)36)19(23(25,26)27)30-22(29-16)32-31-20(34)18(33)15(28)10-12-4-2-1-3-5-12/h6-9,12,15,18,33H,1-5,10-11,28H2,(H,31,34)(H,35,36)(H,29,30,32)/t15-,18?/m1/s1. The van der Waals surface area contributed by atoms with Gasteiger partial charge in [0.15, 0.2) is 5.69 Å². The first-order valence-electron chi connectivity index (χ1n) is 11.4. The second-order valence-electron chi connectivity index (χ2n) is 8.79. The highest BCUT2D eigenvalue weighted by molar-refractivity contribution is 6.30. The third-order valence-corrected chi connectivity index (χ3v) is 6.31. The Balaban J connectivity index is 1.79. The fraction of sp³-hybridized carbons (Fsp3) is 0.478. The number of nitrogens with one attached hydrogen (secondary N) is 2. The molecule has 6 N–H and O–H groups in total. The normalized spacial score (nSPS) is 16.3. The van der Waals surface area contributed by atoms with Gasteiger partial charge in [0, 0.05) is 17.5 Å². The van der Waals surface area contributed by atoms with E-state index in [0.29, 0.717) is 22.9 Å². The van der Waals surface area contributed by atoms with E-state index in [1.165, 1.54) is 24.3 Å². The summed E-state index contributed by atoms with van der Waals surface area (Å²) in [5, 5.41) is 20.1. The Morgan fingerprint density at radius 2 is 1.78 bits per heavy atom. The number of aliphatic hydroxyl groups excluding tert-OH is 1. The van der Waals surface area contributed by atoms with Crippen molar-refractivity contribution in [3.05, 3.63) is 51.8 Å². The zero-order valence-corrected chi connectivity index (χ0v) is 19.9. The highest BCUT2D eigenvalue weighted by atomic mass is 35.5. The van der Waals surface area contributed by atoms with Crippen molar-refractivity contribution in [1.82, 2.24) is 15.4 Å². The zero-order valence-electron chi connectivity index (χ0n) is 19.2. The molecular formula is C23H27ClF3N5O4. The summed E-state index contributed by atoms with van der Waals surface area (Å²) in [6.07, 6.45) is -1.40. The van der Waals surface area contributed by atoms with Crippen molar-refractivity contribution in [3.63, 3.8) is 0 Å². The Hall–Kier alpha value is -2.96. The van der Waals surface area contributed by atoms with E-state index < -0.39 is 53.1 Å². The summed E-state index contributed by atoms with van der Waals surface area (Å²) in [6, 6.07) is 5.17. The molecule has 1 fully saturated rings. The number of hydrazine groups is 1. The van der Waals surface area contributed by atoms with Crippen LogP contribution in [0.25, 0.3) is 0 Å². The van der Waals surface area contributed by atoms with E-state index in [0.717, 1.165) is 32.1 Å². The molecule has 0 bridgehead atoms. The number of carboxylic acids is 1. The Bertz CT molecular complexity index is 1080. The monoisotopic (exact) mass is 529 g/mol. The number of nitrogens with zero attached hydrogens (tertiary/aromatic N) is 2. The average molecular weight is 530 g/mol. The lowest BCUT2D eigenvalue weighted by Crippen LogP contribution is -2.49. The van der Waals surface area contributed by atoms with Gasteiger partial charge < -0.3 is 15.9 Å². The first-order chi connectivity index (χ1) is 17.0. The number of aliphatic hydroxyl groups is 1. The van der Waals surface area contributed by atoms with E-state index in [4.69, 9.17) is 17.3 Å². The second-order valence-corrected chi connectivity index (χ2v) is 9.22. The number of carboxylic acid groups (broad SMARTS) is 1. The molecule has 36 heavy (non-hydrogen) atoms. The molecule has 1 aromatic carbocycles. The van der Waals surface area contributed by atoms with Crippen LogP contribution in [0.2, 0.25) is 5.02 Å². The molecular weight excluding hydrogens is 503 g/mol. The number of benzene rings is 1. The number of hydrogen-bond acceptors (Lipinski definition) is 7. The molecule has 3 rings (SSSR count). The van der Waals surface area contributed by atoms with E-state index >= 15 is 0 Å². The summed E-state index contributed by atoms with van der Waals surface area (Å²) in [4.78, 5) is 31.2. The molecule has 196 valence electrons. The number of amides is 1. The molecule has 0 radical (unpaired) electrons. The smallest absolute Gasteiger partial charge is 0.434 e. The summed E-state index contributed by atoms with van der Waals surface area (Å²) >= 11 is 5.83. The molecule has 0 saturated heterocycles. The van der Waals surface area contributed by atoms with Crippen LogP contribution in [0.1, 0.15) is 65.8 Å². The van der Waals surface area contributed by atoms with Crippen LogP contribution in [0.5, 0.6) is 0 Å². The molecule has 1 saturated carbocycles. The van der Waals surface area contributed by atoms with Gasteiger partial charge in [-0.05, 0) is 30.0 Å². The van der Waals surface area contributed by atoms with Crippen molar-refractivity contribution in [2.24, 2.45) is 11.7 Å². The van der Waals surface area contributed by atoms with Crippen LogP contribution in [0, 0.1) is 5.92 Å². The van der Waals surface area contributed by atoms with Crippen molar-refractivity contribution in [2.45, 2.75) is 63.3 Å². The lowest BCUT2D eigenvalue weighted by Gasteiger charge is -2.26. The Labute approximate surface area is 210 Å². The number of hydrogen-bond donors (Lipinski definition) is 5. The number of nitrogens with two attached hydrogens (primary N) is 1. The number of halogens is 4.